The number of hydrogen-bond acceptors (Lipinski definition) is 6. The summed E-state index contributed by atoms with van der Waals surface area (Å²) in [6.45, 7) is 2.72. The molecule has 7 heteroatoms. The van der Waals surface area contributed by atoms with E-state index in [-0.39, 0.29) is 17.9 Å². The maximum Gasteiger partial charge on any atom is 0.341 e. The predicted molar refractivity (Wildman–Crippen MR) is 71.2 cm³/mol. The lowest BCUT2D eigenvalue weighted by Crippen LogP contribution is -2.37. The van der Waals surface area contributed by atoms with E-state index in [2.05, 4.69) is 5.32 Å². The third kappa shape index (κ3) is 3.12. The van der Waals surface area contributed by atoms with Crippen LogP contribution in [-0.2, 0) is 14.3 Å². The molecule has 19 heavy (non-hydrogen) atoms. The van der Waals surface area contributed by atoms with Crippen molar-refractivity contribution in [2.75, 3.05) is 25.1 Å². The first-order chi connectivity index (χ1) is 9.13. The van der Waals surface area contributed by atoms with Crippen molar-refractivity contribution in [1.29, 1.82) is 0 Å². The molecule has 3 N–H and O–H groups in total. The number of carbonyl (C=O) groups excluding carboxylic acids is 2. The van der Waals surface area contributed by atoms with E-state index in [1.165, 1.54) is 11.3 Å². The van der Waals surface area contributed by atoms with Crippen LogP contribution in [-0.4, -0.2) is 37.7 Å². The minimum Gasteiger partial charge on any atom is -0.462 e. The molecule has 1 saturated heterocycles. The molecule has 0 radical (unpaired) electrons. The molecule has 1 aliphatic heterocycles. The van der Waals surface area contributed by atoms with E-state index in [4.69, 9.17) is 15.2 Å². The average molecular weight is 284 g/mol. The zero-order chi connectivity index (χ0) is 13.8. The zero-order valence-corrected chi connectivity index (χ0v) is 11.4. The quantitative estimate of drug-likeness (QED) is 0.799. The SMILES string of the molecule is CCOC(=O)c1ccsc1NC(=O)C1COCC1N. The van der Waals surface area contributed by atoms with Gasteiger partial charge in [-0.1, -0.05) is 0 Å². The van der Waals surface area contributed by atoms with E-state index in [1.54, 1.807) is 18.4 Å². The van der Waals surface area contributed by atoms with Crippen LogP contribution < -0.4 is 11.1 Å². The van der Waals surface area contributed by atoms with Crippen molar-refractivity contribution in [3.05, 3.63) is 17.0 Å². The number of rotatable bonds is 4. The highest BCUT2D eigenvalue weighted by molar-refractivity contribution is 7.14. The average Bonchev–Trinajstić information content (AvgIpc) is 2.98. The van der Waals surface area contributed by atoms with Gasteiger partial charge in [0.05, 0.1) is 31.3 Å². The molecule has 0 aliphatic carbocycles. The van der Waals surface area contributed by atoms with Gasteiger partial charge in [-0.2, -0.15) is 0 Å². The first-order valence-electron chi connectivity index (χ1n) is 6.02. The Morgan fingerprint density at radius 1 is 1.58 bits per heavy atom. The first kappa shape index (κ1) is 14.0. The van der Waals surface area contributed by atoms with Crippen molar-refractivity contribution in [2.45, 2.75) is 13.0 Å². The molecule has 2 heterocycles. The molecule has 0 spiro atoms. The molecule has 1 fully saturated rings. The van der Waals surface area contributed by atoms with Crippen LogP contribution in [0.25, 0.3) is 0 Å². The maximum atomic E-state index is 12.0. The van der Waals surface area contributed by atoms with Crippen LogP contribution in [0.5, 0.6) is 0 Å². The molecule has 2 unspecified atom stereocenters. The minimum absolute atomic E-state index is 0.224. The van der Waals surface area contributed by atoms with Crippen LogP contribution in [0.4, 0.5) is 5.00 Å². The highest BCUT2D eigenvalue weighted by atomic mass is 32.1. The summed E-state index contributed by atoms with van der Waals surface area (Å²) in [6, 6.07) is 1.33. The molecule has 0 aromatic carbocycles. The Labute approximate surface area is 114 Å². The summed E-state index contributed by atoms with van der Waals surface area (Å²) < 4.78 is 10.1. The van der Waals surface area contributed by atoms with Crippen LogP contribution in [0.1, 0.15) is 17.3 Å². The normalized spacial score (nSPS) is 22.2. The van der Waals surface area contributed by atoms with Gasteiger partial charge in [0.2, 0.25) is 5.91 Å². The largest absolute Gasteiger partial charge is 0.462 e. The maximum absolute atomic E-state index is 12.0. The monoisotopic (exact) mass is 284 g/mol. The van der Waals surface area contributed by atoms with Gasteiger partial charge in [-0.3, -0.25) is 4.79 Å². The number of thiophene rings is 1. The van der Waals surface area contributed by atoms with Gasteiger partial charge in [-0.25, -0.2) is 4.79 Å². The lowest BCUT2D eigenvalue weighted by molar-refractivity contribution is -0.120. The molecule has 0 saturated carbocycles. The highest BCUT2D eigenvalue weighted by Gasteiger charge is 2.32. The van der Waals surface area contributed by atoms with Crippen molar-refractivity contribution in [1.82, 2.24) is 0 Å². The number of nitrogens with two attached hydrogens (primary N) is 1. The summed E-state index contributed by atoms with van der Waals surface area (Å²) in [6.07, 6.45) is 0. The zero-order valence-electron chi connectivity index (χ0n) is 10.5. The fourth-order valence-corrected chi connectivity index (χ4v) is 2.60. The Balaban J connectivity index is 2.05. The van der Waals surface area contributed by atoms with E-state index in [0.717, 1.165) is 0 Å². The van der Waals surface area contributed by atoms with Crippen LogP contribution in [0.15, 0.2) is 11.4 Å². The molecular formula is C12H16N2O4S. The number of esters is 1. The van der Waals surface area contributed by atoms with Gasteiger partial charge >= 0.3 is 5.97 Å². The summed E-state index contributed by atoms with van der Waals surface area (Å²) >= 11 is 1.28. The van der Waals surface area contributed by atoms with E-state index >= 15 is 0 Å². The fraction of sp³-hybridized carbons (Fsp3) is 0.500. The van der Waals surface area contributed by atoms with Gasteiger partial charge in [-0.05, 0) is 18.4 Å². The molecule has 104 valence electrons. The highest BCUT2D eigenvalue weighted by Crippen LogP contribution is 2.25. The second-order valence-electron chi connectivity index (χ2n) is 4.18. The van der Waals surface area contributed by atoms with Crippen LogP contribution in [0, 0.1) is 5.92 Å². The lowest BCUT2D eigenvalue weighted by atomic mass is 10.0. The number of ether oxygens (including phenoxy) is 2. The first-order valence-corrected chi connectivity index (χ1v) is 6.90. The third-order valence-corrected chi connectivity index (χ3v) is 3.69. The van der Waals surface area contributed by atoms with Gasteiger partial charge in [0.15, 0.2) is 0 Å². The Kier molecular flexibility index (Phi) is 4.52. The predicted octanol–water partition coefficient (Wildman–Crippen LogP) is 0.837. The minimum atomic E-state index is -0.439. The van der Waals surface area contributed by atoms with Crippen LogP contribution >= 0.6 is 11.3 Å². The number of nitrogens with one attached hydrogen (secondary N) is 1. The topological polar surface area (TPSA) is 90.6 Å². The molecule has 1 aromatic rings. The molecule has 0 bridgehead atoms. The number of amides is 1. The summed E-state index contributed by atoms with van der Waals surface area (Å²) in [7, 11) is 0. The second-order valence-corrected chi connectivity index (χ2v) is 5.10. The Morgan fingerprint density at radius 3 is 3.00 bits per heavy atom. The summed E-state index contributed by atoms with van der Waals surface area (Å²) in [5.41, 5.74) is 6.15. The molecule has 1 aromatic heterocycles. The summed E-state index contributed by atoms with van der Waals surface area (Å²) in [4.78, 5) is 23.7. The third-order valence-electron chi connectivity index (χ3n) is 2.86. The van der Waals surface area contributed by atoms with Gasteiger partial charge in [0, 0.05) is 6.04 Å². The van der Waals surface area contributed by atoms with Crippen LogP contribution in [0.3, 0.4) is 0 Å². The summed E-state index contributed by atoms with van der Waals surface area (Å²) in [5.74, 6) is -1.04. The molecule has 2 atom stereocenters. The van der Waals surface area contributed by atoms with Crippen LogP contribution in [0.2, 0.25) is 0 Å². The molecule has 1 aliphatic rings. The molecule has 6 nitrogen and oxygen atoms in total. The van der Waals surface area contributed by atoms with E-state index in [9.17, 15) is 9.59 Å². The van der Waals surface area contributed by atoms with Crippen molar-refractivity contribution in [3.8, 4) is 0 Å². The standard InChI is InChI=1S/C12H16N2O4S/c1-2-18-12(16)7-3-4-19-11(7)14-10(15)8-5-17-6-9(8)13/h3-4,8-9H,2,5-6,13H2,1H3,(H,14,15). The summed E-state index contributed by atoms with van der Waals surface area (Å²) in [5, 5.41) is 4.94. The van der Waals surface area contributed by atoms with E-state index in [1.807, 2.05) is 0 Å². The number of anilines is 1. The van der Waals surface area contributed by atoms with Crippen molar-refractivity contribution in [2.24, 2.45) is 11.7 Å². The van der Waals surface area contributed by atoms with E-state index in [0.29, 0.717) is 30.4 Å². The smallest absolute Gasteiger partial charge is 0.341 e. The van der Waals surface area contributed by atoms with Gasteiger partial charge in [0.1, 0.15) is 5.00 Å². The van der Waals surface area contributed by atoms with Crippen molar-refractivity contribution < 1.29 is 19.1 Å². The molecular weight excluding hydrogens is 268 g/mol. The lowest BCUT2D eigenvalue weighted by Gasteiger charge is -2.13. The van der Waals surface area contributed by atoms with Gasteiger partial charge in [0.25, 0.3) is 0 Å². The fourth-order valence-electron chi connectivity index (χ4n) is 1.82. The molecule has 2 rings (SSSR count). The molecule has 1 amide bonds. The van der Waals surface area contributed by atoms with Gasteiger partial charge < -0.3 is 20.5 Å². The number of hydrogen-bond donors (Lipinski definition) is 2. The second kappa shape index (κ2) is 6.14. The van der Waals surface area contributed by atoms with E-state index < -0.39 is 5.97 Å². The Bertz CT molecular complexity index is 474. The number of carbonyl (C=O) groups is 2. The van der Waals surface area contributed by atoms with Gasteiger partial charge in [-0.15, -0.1) is 11.3 Å². The van der Waals surface area contributed by atoms with Crippen molar-refractivity contribution >= 4 is 28.2 Å². The Hall–Kier alpha value is -1.44. The Morgan fingerprint density at radius 2 is 2.37 bits per heavy atom. The van der Waals surface area contributed by atoms with Crippen molar-refractivity contribution in [3.63, 3.8) is 0 Å².